The van der Waals surface area contributed by atoms with Gasteiger partial charge in [-0.3, -0.25) is 5.41 Å². The molecule has 0 aromatic heterocycles. The first-order chi connectivity index (χ1) is 23.2. The third-order valence-corrected chi connectivity index (χ3v) is 8.02. The van der Waals surface area contributed by atoms with Crippen LogP contribution in [0, 0.1) is 5.41 Å². The van der Waals surface area contributed by atoms with E-state index in [2.05, 4.69) is 126 Å². The SMILES string of the molecule is CC.CN/C=C\C=C/CC1=CC=C(c2cc(-c3ccccc3)cc(-c3ccc(-c4ccccc4)cc3C(=N)c3ccccc3)c2)CN1. The highest BCUT2D eigenvalue weighted by Gasteiger charge is 2.17. The Hall–Kier alpha value is -5.67. The van der Waals surface area contributed by atoms with Crippen LogP contribution in [-0.4, -0.2) is 19.3 Å². The van der Waals surface area contributed by atoms with Crippen LogP contribution >= 0.6 is 0 Å². The highest BCUT2D eigenvalue weighted by Crippen LogP contribution is 2.36. The number of hydrogen-bond acceptors (Lipinski definition) is 3. The van der Waals surface area contributed by atoms with Gasteiger partial charge in [-0.05, 0) is 87.1 Å². The molecule has 234 valence electrons. The Morgan fingerprint density at radius 3 is 1.91 bits per heavy atom. The molecule has 0 unspecified atom stereocenters. The second kappa shape index (κ2) is 16.6. The lowest BCUT2D eigenvalue weighted by atomic mass is 9.87. The first-order valence-corrected chi connectivity index (χ1v) is 16.4. The number of nitrogens with one attached hydrogen (secondary N) is 3. The Morgan fingerprint density at radius 2 is 1.28 bits per heavy atom. The van der Waals surface area contributed by atoms with E-state index in [1.165, 1.54) is 22.4 Å². The van der Waals surface area contributed by atoms with E-state index in [1.54, 1.807) is 0 Å². The lowest BCUT2D eigenvalue weighted by Crippen LogP contribution is -2.18. The van der Waals surface area contributed by atoms with Crippen molar-refractivity contribution in [1.82, 2.24) is 10.6 Å². The predicted octanol–water partition coefficient (Wildman–Crippen LogP) is 10.7. The summed E-state index contributed by atoms with van der Waals surface area (Å²) in [6.07, 6.45) is 13.4. The van der Waals surface area contributed by atoms with Gasteiger partial charge in [-0.2, -0.15) is 0 Å². The zero-order chi connectivity index (χ0) is 32.8. The number of hydrogen-bond donors (Lipinski definition) is 3. The lowest BCUT2D eigenvalue weighted by molar-refractivity contribution is 0.868. The monoisotopic (exact) mass is 613 g/mol. The van der Waals surface area contributed by atoms with Crippen molar-refractivity contribution in [3.8, 4) is 33.4 Å². The maximum Gasteiger partial charge on any atom is 0.0690 e. The van der Waals surface area contributed by atoms with Crippen LogP contribution in [0.2, 0.25) is 0 Å². The minimum atomic E-state index is 0.513. The van der Waals surface area contributed by atoms with Crippen LogP contribution in [0.25, 0.3) is 39.0 Å². The van der Waals surface area contributed by atoms with Gasteiger partial charge in [0, 0.05) is 36.8 Å². The molecule has 0 spiro atoms. The van der Waals surface area contributed by atoms with Crippen LogP contribution in [0.3, 0.4) is 0 Å². The Labute approximate surface area is 280 Å². The van der Waals surface area contributed by atoms with Crippen molar-refractivity contribution in [1.29, 1.82) is 5.41 Å². The second-order valence-corrected chi connectivity index (χ2v) is 11.0. The second-order valence-electron chi connectivity index (χ2n) is 11.0. The van der Waals surface area contributed by atoms with Gasteiger partial charge in [-0.1, -0.05) is 135 Å². The van der Waals surface area contributed by atoms with Gasteiger partial charge >= 0.3 is 0 Å². The third kappa shape index (κ3) is 8.33. The minimum Gasteiger partial charge on any atom is -0.394 e. The molecule has 0 atom stereocenters. The molecule has 3 N–H and O–H groups in total. The molecule has 0 saturated heterocycles. The predicted molar refractivity (Wildman–Crippen MR) is 202 cm³/mol. The summed E-state index contributed by atoms with van der Waals surface area (Å²) in [6.45, 7) is 4.75. The van der Waals surface area contributed by atoms with Crippen molar-refractivity contribution in [2.75, 3.05) is 13.6 Å². The molecule has 3 heteroatoms. The summed E-state index contributed by atoms with van der Waals surface area (Å²) in [6, 6.07) is 44.3. The zero-order valence-electron chi connectivity index (χ0n) is 27.5. The van der Waals surface area contributed by atoms with Crippen LogP contribution in [-0.2, 0) is 0 Å². The molecule has 47 heavy (non-hydrogen) atoms. The minimum absolute atomic E-state index is 0.513. The van der Waals surface area contributed by atoms with Gasteiger partial charge in [0.25, 0.3) is 0 Å². The van der Waals surface area contributed by atoms with Gasteiger partial charge < -0.3 is 10.6 Å². The summed E-state index contributed by atoms with van der Waals surface area (Å²) in [7, 11) is 1.90. The standard InChI is InChI=1S/C42H37N3.C2H6/c1-44-25-13-5-12-20-39-23-21-35(30-45-39)37-26-36(32-16-8-3-9-17-32)27-38(28-37)40-24-22-34(31-14-6-2-7-15-31)29-41(40)42(43)33-18-10-4-11-19-33;1-2/h2-19,21-29,43-45H,20,30H2,1H3;1-2H3/b12-5-,25-13-,43-42?;. The fraction of sp³-hybridized carbons (Fsp3) is 0.114. The Bertz CT molecular complexity index is 1900. The first kappa shape index (κ1) is 32.7. The highest BCUT2D eigenvalue weighted by atomic mass is 14.9. The molecule has 3 nitrogen and oxygen atoms in total. The molecule has 1 aliphatic heterocycles. The van der Waals surface area contributed by atoms with Crippen LogP contribution < -0.4 is 10.6 Å². The van der Waals surface area contributed by atoms with E-state index in [9.17, 15) is 5.41 Å². The fourth-order valence-electron chi connectivity index (χ4n) is 5.63. The van der Waals surface area contributed by atoms with Crippen LogP contribution in [0.5, 0.6) is 0 Å². The van der Waals surface area contributed by atoms with Crippen molar-refractivity contribution in [2.45, 2.75) is 20.3 Å². The van der Waals surface area contributed by atoms with Gasteiger partial charge in [0.05, 0.1) is 5.71 Å². The van der Waals surface area contributed by atoms with Crippen molar-refractivity contribution >= 4 is 11.3 Å². The lowest BCUT2D eigenvalue weighted by Gasteiger charge is -2.20. The first-order valence-electron chi connectivity index (χ1n) is 16.4. The summed E-state index contributed by atoms with van der Waals surface area (Å²) >= 11 is 0. The smallest absolute Gasteiger partial charge is 0.0690 e. The average Bonchev–Trinajstić information content (AvgIpc) is 3.16. The molecule has 0 fully saturated rings. The summed E-state index contributed by atoms with van der Waals surface area (Å²) in [4.78, 5) is 0. The van der Waals surface area contributed by atoms with E-state index < -0.39 is 0 Å². The molecule has 0 amide bonds. The summed E-state index contributed by atoms with van der Waals surface area (Å²) in [5.74, 6) is 0. The van der Waals surface area contributed by atoms with Gasteiger partial charge in [-0.25, -0.2) is 0 Å². The van der Waals surface area contributed by atoms with E-state index in [0.717, 1.165) is 51.9 Å². The molecule has 0 bridgehead atoms. The molecule has 6 rings (SSSR count). The Morgan fingerprint density at radius 1 is 0.660 bits per heavy atom. The van der Waals surface area contributed by atoms with E-state index >= 15 is 0 Å². The number of allylic oxidation sites excluding steroid dienone is 5. The molecular weight excluding hydrogens is 571 g/mol. The van der Waals surface area contributed by atoms with Gasteiger partial charge in [0.1, 0.15) is 0 Å². The molecule has 1 aliphatic rings. The van der Waals surface area contributed by atoms with Crippen molar-refractivity contribution < 1.29 is 0 Å². The van der Waals surface area contributed by atoms with E-state index in [1.807, 2.05) is 69.6 Å². The summed E-state index contributed by atoms with van der Waals surface area (Å²) in [5, 5.41) is 16.0. The van der Waals surface area contributed by atoms with E-state index in [-0.39, 0.29) is 0 Å². The number of dihydropyridines is 1. The zero-order valence-corrected chi connectivity index (χ0v) is 27.5. The molecule has 5 aromatic carbocycles. The largest absolute Gasteiger partial charge is 0.394 e. The van der Waals surface area contributed by atoms with Crippen LogP contribution in [0.4, 0.5) is 0 Å². The van der Waals surface area contributed by atoms with Crippen molar-refractivity contribution in [3.05, 3.63) is 186 Å². The van der Waals surface area contributed by atoms with Gasteiger partial charge in [0.2, 0.25) is 0 Å². The molecule has 0 radical (unpaired) electrons. The fourth-order valence-corrected chi connectivity index (χ4v) is 5.63. The van der Waals surface area contributed by atoms with Crippen LogP contribution in [0.15, 0.2) is 170 Å². The van der Waals surface area contributed by atoms with Crippen molar-refractivity contribution in [3.63, 3.8) is 0 Å². The van der Waals surface area contributed by atoms with E-state index in [4.69, 9.17) is 0 Å². The van der Waals surface area contributed by atoms with E-state index in [0.29, 0.717) is 5.71 Å². The molecule has 0 saturated carbocycles. The molecule has 5 aromatic rings. The Balaban J connectivity index is 0.00000213. The maximum atomic E-state index is 9.36. The van der Waals surface area contributed by atoms with Gasteiger partial charge in [-0.15, -0.1) is 0 Å². The molecular formula is C44H43N3. The number of benzene rings is 5. The summed E-state index contributed by atoms with van der Waals surface area (Å²) in [5.41, 5.74) is 12.6. The number of rotatable bonds is 10. The Kier molecular flexibility index (Phi) is 11.5. The quantitative estimate of drug-likeness (QED) is 0.108. The normalized spacial score (nSPS) is 12.5. The summed E-state index contributed by atoms with van der Waals surface area (Å²) < 4.78 is 0. The van der Waals surface area contributed by atoms with Crippen LogP contribution in [0.1, 0.15) is 37.0 Å². The maximum absolute atomic E-state index is 9.36. The van der Waals surface area contributed by atoms with Gasteiger partial charge in [0.15, 0.2) is 0 Å². The van der Waals surface area contributed by atoms with Crippen molar-refractivity contribution in [2.24, 2.45) is 0 Å². The highest BCUT2D eigenvalue weighted by molar-refractivity contribution is 6.15. The average molecular weight is 614 g/mol. The molecule has 0 aliphatic carbocycles. The third-order valence-electron chi connectivity index (χ3n) is 8.02. The topological polar surface area (TPSA) is 47.9 Å². The molecule has 1 heterocycles.